The molecule has 33 heavy (non-hydrogen) atoms. The first-order valence-electron chi connectivity index (χ1n) is 10.8. The number of nitro groups is 1. The van der Waals surface area contributed by atoms with Gasteiger partial charge in [0.1, 0.15) is 6.54 Å². The Morgan fingerprint density at radius 3 is 2.45 bits per heavy atom. The molecule has 0 spiro atoms. The van der Waals surface area contributed by atoms with Crippen LogP contribution in [0.3, 0.4) is 0 Å². The van der Waals surface area contributed by atoms with Gasteiger partial charge in [0.2, 0.25) is 5.91 Å². The van der Waals surface area contributed by atoms with Crippen molar-refractivity contribution in [2.75, 3.05) is 13.1 Å². The molecule has 0 saturated carbocycles. The van der Waals surface area contributed by atoms with Gasteiger partial charge in [0.25, 0.3) is 11.6 Å². The van der Waals surface area contributed by atoms with E-state index in [2.05, 4.69) is 5.32 Å². The van der Waals surface area contributed by atoms with Crippen molar-refractivity contribution in [3.8, 4) is 0 Å². The van der Waals surface area contributed by atoms with Crippen molar-refractivity contribution in [1.29, 1.82) is 0 Å². The van der Waals surface area contributed by atoms with Crippen LogP contribution >= 0.6 is 0 Å². The van der Waals surface area contributed by atoms with Crippen molar-refractivity contribution in [2.45, 2.75) is 39.1 Å². The second kappa shape index (κ2) is 9.41. The average Bonchev–Trinajstić information content (AvgIpc) is 3.18. The predicted molar refractivity (Wildman–Crippen MR) is 123 cm³/mol. The molecule has 4 rings (SSSR count). The van der Waals surface area contributed by atoms with Crippen molar-refractivity contribution in [3.05, 3.63) is 76.0 Å². The molecule has 1 aromatic heterocycles. The third kappa shape index (κ3) is 5.20. The number of hydrogen-bond acceptors (Lipinski definition) is 5. The number of non-ortho nitro benzene ring substituents is 1. The van der Waals surface area contributed by atoms with Crippen molar-refractivity contribution in [1.82, 2.24) is 14.8 Å². The maximum atomic E-state index is 12.8. The number of carbonyl (C=O) groups excluding carboxylic acids is 2. The Morgan fingerprint density at radius 2 is 1.79 bits per heavy atom. The minimum absolute atomic E-state index is 0.0136. The SMILES string of the molecule is CC1CN(C(=O)c2ccc(CNC(=O)Cn3ccc4cc([N+](=O)[O-])ccc43)cc2)CC(C)O1. The van der Waals surface area contributed by atoms with Gasteiger partial charge in [-0.05, 0) is 43.7 Å². The van der Waals surface area contributed by atoms with Gasteiger partial charge in [-0.3, -0.25) is 19.7 Å². The van der Waals surface area contributed by atoms with Crippen LogP contribution in [0, 0.1) is 10.1 Å². The first-order chi connectivity index (χ1) is 15.8. The molecular weight excluding hydrogens is 424 g/mol. The van der Waals surface area contributed by atoms with Crippen LogP contribution in [-0.2, 0) is 22.6 Å². The van der Waals surface area contributed by atoms with Gasteiger partial charge in [-0.2, -0.15) is 0 Å². The van der Waals surface area contributed by atoms with Gasteiger partial charge in [0.15, 0.2) is 0 Å². The molecule has 2 atom stereocenters. The standard InChI is InChI=1S/C24H26N4O5/c1-16-13-27(14-17(2)33-16)24(30)19-5-3-18(4-6-19)12-25-23(29)15-26-10-9-20-11-21(28(31)32)7-8-22(20)26/h3-11,16-17H,12-15H2,1-2H3,(H,25,29). The molecule has 0 aliphatic carbocycles. The highest BCUT2D eigenvalue weighted by molar-refractivity contribution is 5.94. The molecule has 0 radical (unpaired) electrons. The second-order valence-electron chi connectivity index (χ2n) is 8.38. The van der Waals surface area contributed by atoms with Gasteiger partial charge in [-0.15, -0.1) is 0 Å². The monoisotopic (exact) mass is 450 g/mol. The zero-order valence-electron chi connectivity index (χ0n) is 18.6. The summed E-state index contributed by atoms with van der Waals surface area (Å²) in [5, 5.41) is 14.5. The van der Waals surface area contributed by atoms with E-state index in [9.17, 15) is 19.7 Å². The highest BCUT2D eigenvalue weighted by Crippen LogP contribution is 2.22. The summed E-state index contributed by atoms with van der Waals surface area (Å²) in [6, 6.07) is 13.5. The largest absolute Gasteiger partial charge is 0.372 e. The summed E-state index contributed by atoms with van der Waals surface area (Å²) in [4.78, 5) is 37.5. The van der Waals surface area contributed by atoms with E-state index in [-0.39, 0.29) is 36.3 Å². The summed E-state index contributed by atoms with van der Waals surface area (Å²) < 4.78 is 7.44. The van der Waals surface area contributed by atoms with Crippen LogP contribution in [0.1, 0.15) is 29.8 Å². The lowest BCUT2D eigenvalue weighted by Crippen LogP contribution is -2.48. The van der Waals surface area contributed by atoms with Gasteiger partial charge in [-0.1, -0.05) is 12.1 Å². The molecule has 2 aromatic carbocycles. The number of carbonyl (C=O) groups is 2. The number of nitro benzene ring substituents is 1. The fourth-order valence-electron chi connectivity index (χ4n) is 4.14. The lowest BCUT2D eigenvalue weighted by atomic mass is 10.1. The number of fused-ring (bicyclic) bond motifs is 1. The number of aromatic nitrogens is 1. The molecule has 1 N–H and O–H groups in total. The highest BCUT2D eigenvalue weighted by Gasteiger charge is 2.26. The lowest BCUT2D eigenvalue weighted by molar-refractivity contribution is -0.384. The van der Waals surface area contributed by atoms with Crippen molar-refractivity contribution < 1.29 is 19.2 Å². The molecule has 0 bridgehead atoms. The van der Waals surface area contributed by atoms with Crippen LogP contribution in [0.25, 0.3) is 10.9 Å². The number of rotatable bonds is 6. The summed E-state index contributed by atoms with van der Waals surface area (Å²) in [6.45, 7) is 5.50. The van der Waals surface area contributed by atoms with E-state index >= 15 is 0 Å². The van der Waals surface area contributed by atoms with E-state index in [1.807, 2.05) is 30.9 Å². The Morgan fingerprint density at radius 1 is 1.09 bits per heavy atom. The van der Waals surface area contributed by atoms with Crippen LogP contribution in [0.15, 0.2) is 54.7 Å². The summed E-state index contributed by atoms with van der Waals surface area (Å²) in [5.41, 5.74) is 2.27. The third-order valence-electron chi connectivity index (χ3n) is 5.68. The molecule has 1 saturated heterocycles. The molecule has 172 valence electrons. The molecule has 2 heterocycles. The summed E-state index contributed by atoms with van der Waals surface area (Å²) in [6.07, 6.45) is 1.77. The van der Waals surface area contributed by atoms with Crippen LogP contribution in [0.5, 0.6) is 0 Å². The molecular formula is C24H26N4O5. The van der Waals surface area contributed by atoms with Gasteiger partial charge >= 0.3 is 0 Å². The topological polar surface area (TPSA) is 107 Å². The van der Waals surface area contributed by atoms with Crippen LogP contribution < -0.4 is 5.32 Å². The van der Waals surface area contributed by atoms with E-state index in [0.717, 1.165) is 11.1 Å². The number of amides is 2. The van der Waals surface area contributed by atoms with Gasteiger partial charge in [0, 0.05) is 54.4 Å². The second-order valence-corrected chi connectivity index (χ2v) is 8.38. The van der Waals surface area contributed by atoms with Gasteiger partial charge in [0.05, 0.1) is 17.1 Å². The van der Waals surface area contributed by atoms with Crippen molar-refractivity contribution >= 4 is 28.4 Å². The van der Waals surface area contributed by atoms with Crippen molar-refractivity contribution in [2.24, 2.45) is 0 Å². The minimum Gasteiger partial charge on any atom is -0.372 e. The molecule has 1 aliphatic heterocycles. The highest BCUT2D eigenvalue weighted by atomic mass is 16.6. The lowest BCUT2D eigenvalue weighted by Gasteiger charge is -2.35. The van der Waals surface area contributed by atoms with E-state index in [1.54, 1.807) is 35.0 Å². The van der Waals surface area contributed by atoms with E-state index < -0.39 is 4.92 Å². The smallest absolute Gasteiger partial charge is 0.270 e. The Kier molecular flexibility index (Phi) is 6.41. The zero-order valence-corrected chi connectivity index (χ0v) is 18.6. The van der Waals surface area contributed by atoms with Crippen LogP contribution in [0.4, 0.5) is 5.69 Å². The van der Waals surface area contributed by atoms with E-state index in [1.165, 1.54) is 12.1 Å². The molecule has 3 aromatic rings. The Labute approximate surface area is 191 Å². The normalized spacial score (nSPS) is 18.3. The average molecular weight is 450 g/mol. The van der Waals surface area contributed by atoms with E-state index in [0.29, 0.717) is 30.6 Å². The molecule has 2 amide bonds. The number of ether oxygens (including phenoxy) is 1. The van der Waals surface area contributed by atoms with Gasteiger partial charge in [-0.25, -0.2) is 0 Å². The number of morpholine rings is 1. The number of nitrogens with one attached hydrogen (secondary N) is 1. The fourth-order valence-corrected chi connectivity index (χ4v) is 4.14. The van der Waals surface area contributed by atoms with Crippen LogP contribution in [-0.4, -0.2) is 51.5 Å². The Bertz CT molecular complexity index is 1180. The van der Waals surface area contributed by atoms with Gasteiger partial charge < -0.3 is 19.5 Å². The Hall–Kier alpha value is -3.72. The minimum atomic E-state index is -0.440. The molecule has 2 unspecified atom stereocenters. The fraction of sp³-hybridized carbons (Fsp3) is 0.333. The summed E-state index contributed by atoms with van der Waals surface area (Å²) >= 11 is 0. The van der Waals surface area contributed by atoms with Crippen molar-refractivity contribution in [3.63, 3.8) is 0 Å². The summed E-state index contributed by atoms with van der Waals surface area (Å²) in [5.74, 6) is -0.199. The maximum Gasteiger partial charge on any atom is 0.270 e. The Balaban J connectivity index is 1.33. The molecule has 1 aliphatic rings. The molecule has 9 nitrogen and oxygen atoms in total. The van der Waals surface area contributed by atoms with E-state index in [4.69, 9.17) is 4.74 Å². The number of nitrogens with zero attached hydrogens (tertiary/aromatic N) is 3. The number of hydrogen-bond donors (Lipinski definition) is 1. The summed E-state index contributed by atoms with van der Waals surface area (Å²) in [7, 11) is 0. The predicted octanol–water partition coefficient (Wildman–Crippen LogP) is 3.12. The quantitative estimate of drug-likeness (QED) is 0.459. The van der Waals surface area contributed by atoms with Crippen LogP contribution in [0.2, 0.25) is 0 Å². The zero-order chi connectivity index (χ0) is 23.5. The first kappa shape index (κ1) is 22.5. The maximum absolute atomic E-state index is 12.8. The number of benzene rings is 2. The third-order valence-corrected chi connectivity index (χ3v) is 5.68. The molecule has 9 heteroatoms. The molecule has 1 fully saturated rings. The first-order valence-corrected chi connectivity index (χ1v) is 10.8.